The second-order valence-corrected chi connectivity index (χ2v) is 9.73. The lowest BCUT2D eigenvalue weighted by Crippen LogP contribution is -2.45. The zero-order valence-corrected chi connectivity index (χ0v) is 22.5. The fourth-order valence-corrected chi connectivity index (χ4v) is 5.19. The van der Waals surface area contributed by atoms with Crippen molar-refractivity contribution in [2.75, 3.05) is 33.1 Å². The Hall–Kier alpha value is -4.16. The zero-order chi connectivity index (χ0) is 27.9. The molecule has 2 atom stereocenters. The van der Waals surface area contributed by atoms with Crippen LogP contribution >= 0.6 is 11.5 Å². The molecule has 0 bridgehead atoms. The van der Waals surface area contributed by atoms with Crippen molar-refractivity contribution in [3.05, 3.63) is 70.2 Å². The number of ether oxygens (including phenoxy) is 3. The minimum atomic E-state index is -1.10. The largest absolute Gasteiger partial charge is 0.493 e. The summed E-state index contributed by atoms with van der Waals surface area (Å²) in [4.78, 5) is 41.1. The Morgan fingerprint density at radius 1 is 1.15 bits per heavy atom. The van der Waals surface area contributed by atoms with E-state index in [1.54, 1.807) is 18.2 Å². The Balaban J connectivity index is 1.80. The quantitative estimate of drug-likeness (QED) is 0.327. The van der Waals surface area contributed by atoms with Gasteiger partial charge in [0.2, 0.25) is 5.91 Å². The minimum Gasteiger partial charge on any atom is -0.493 e. The highest BCUT2D eigenvalue weighted by atomic mass is 32.1. The van der Waals surface area contributed by atoms with Crippen LogP contribution in [-0.4, -0.2) is 60.5 Å². The maximum atomic E-state index is 14.1. The van der Waals surface area contributed by atoms with Crippen molar-refractivity contribution in [2.24, 2.45) is 5.73 Å². The van der Waals surface area contributed by atoms with Gasteiger partial charge in [0.1, 0.15) is 10.9 Å². The van der Waals surface area contributed by atoms with Gasteiger partial charge in [-0.05, 0) is 47.6 Å². The van der Waals surface area contributed by atoms with E-state index in [1.165, 1.54) is 19.1 Å². The molecule has 0 spiro atoms. The number of nitrogens with one attached hydrogen (secondary N) is 1. The molecular formula is C27H31N5O6S. The van der Waals surface area contributed by atoms with Crippen LogP contribution in [-0.2, 0) is 16.1 Å². The first-order valence-corrected chi connectivity index (χ1v) is 13.1. The molecule has 2 heterocycles. The topological polar surface area (TPSA) is 159 Å². The Bertz CT molecular complexity index is 1330. The number of hydrogen-bond donors (Lipinski definition) is 3. The molecule has 5 N–H and O–H groups in total. The van der Waals surface area contributed by atoms with E-state index in [2.05, 4.69) is 9.69 Å². The van der Waals surface area contributed by atoms with E-state index < -0.39 is 23.8 Å². The molecule has 1 saturated heterocycles. The van der Waals surface area contributed by atoms with Crippen LogP contribution in [0.5, 0.6) is 11.5 Å². The molecule has 1 aliphatic rings. The number of carbonyl (C=O) groups excluding carboxylic acids is 3. The molecule has 206 valence electrons. The van der Waals surface area contributed by atoms with Crippen LogP contribution in [0.4, 0.5) is 5.69 Å². The number of methoxy groups -OCH3 is 2. The Kier molecular flexibility index (Phi) is 8.99. The van der Waals surface area contributed by atoms with Crippen LogP contribution in [0.1, 0.15) is 50.2 Å². The molecule has 0 saturated carbocycles. The molecule has 39 heavy (non-hydrogen) atoms. The summed E-state index contributed by atoms with van der Waals surface area (Å²) >= 11 is 0.760. The SMILES string of the molecule is COc1ccc([C@H](C(=O)NC[C@@H]2CCCO2)N(Cc2ccccc2)C(=O)c2snc(C(N)=O)c2N)cc1OC. The van der Waals surface area contributed by atoms with E-state index in [-0.39, 0.29) is 28.9 Å². The van der Waals surface area contributed by atoms with Crippen molar-refractivity contribution in [1.82, 2.24) is 14.6 Å². The maximum Gasteiger partial charge on any atom is 0.270 e. The number of anilines is 1. The summed E-state index contributed by atoms with van der Waals surface area (Å²) in [6.07, 6.45) is 1.65. The van der Waals surface area contributed by atoms with Gasteiger partial charge in [0, 0.05) is 19.7 Å². The number of nitrogen functional groups attached to an aromatic ring is 1. The first-order chi connectivity index (χ1) is 18.8. The van der Waals surface area contributed by atoms with Gasteiger partial charge in [-0.15, -0.1) is 0 Å². The van der Waals surface area contributed by atoms with Gasteiger partial charge in [-0.25, -0.2) is 0 Å². The second-order valence-electron chi connectivity index (χ2n) is 8.95. The van der Waals surface area contributed by atoms with Crippen LogP contribution in [0.15, 0.2) is 48.5 Å². The summed E-state index contributed by atoms with van der Waals surface area (Å²) in [6, 6.07) is 13.2. The van der Waals surface area contributed by atoms with E-state index in [1.807, 2.05) is 30.3 Å². The third-order valence-corrected chi connectivity index (χ3v) is 7.27. The van der Waals surface area contributed by atoms with Crippen molar-refractivity contribution >= 4 is 34.9 Å². The summed E-state index contributed by atoms with van der Waals surface area (Å²) in [5.74, 6) is -0.970. The van der Waals surface area contributed by atoms with Crippen LogP contribution in [0.25, 0.3) is 0 Å². The lowest BCUT2D eigenvalue weighted by atomic mass is 10.0. The zero-order valence-electron chi connectivity index (χ0n) is 21.7. The molecule has 1 aromatic heterocycles. The molecule has 2 aromatic carbocycles. The first kappa shape index (κ1) is 27.9. The molecule has 0 aliphatic carbocycles. The van der Waals surface area contributed by atoms with E-state index >= 15 is 0 Å². The molecule has 3 amide bonds. The highest BCUT2D eigenvalue weighted by Gasteiger charge is 2.36. The Morgan fingerprint density at radius 3 is 2.51 bits per heavy atom. The number of aromatic nitrogens is 1. The summed E-state index contributed by atoms with van der Waals surface area (Å²) in [5.41, 5.74) is 12.5. The number of nitrogens with zero attached hydrogens (tertiary/aromatic N) is 2. The van der Waals surface area contributed by atoms with Crippen LogP contribution < -0.4 is 26.3 Å². The normalized spacial score (nSPS) is 15.4. The predicted octanol–water partition coefficient (Wildman–Crippen LogP) is 2.52. The highest BCUT2D eigenvalue weighted by molar-refractivity contribution is 7.09. The summed E-state index contributed by atoms with van der Waals surface area (Å²) < 4.78 is 20.5. The van der Waals surface area contributed by atoms with Gasteiger partial charge in [0.15, 0.2) is 17.2 Å². The molecule has 1 fully saturated rings. The monoisotopic (exact) mass is 553 g/mol. The van der Waals surface area contributed by atoms with E-state index in [4.69, 9.17) is 25.7 Å². The second kappa shape index (κ2) is 12.6. The van der Waals surface area contributed by atoms with E-state index in [9.17, 15) is 14.4 Å². The van der Waals surface area contributed by atoms with E-state index in [0.717, 1.165) is 29.9 Å². The number of primary amides is 1. The molecule has 3 aromatic rings. The molecular weight excluding hydrogens is 522 g/mol. The number of rotatable bonds is 11. The van der Waals surface area contributed by atoms with Gasteiger partial charge in [0.05, 0.1) is 26.0 Å². The van der Waals surface area contributed by atoms with Crippen LogP contribution in [0, 0.1) is 0 Å². The number of carbonyl (C=O) groups is 3. The first-order valence-electron chi connectivity index (χ1n) is 12.3. The van der Waals surface area contributed by atoms with Crippen LogP contribution in [0.3, 0.4) is 0 Å². The van der Waals surface area contributed by atoms with Gasteiger partial charge in [0.25, 0.3) is 11.8 Å². The van der Waals surface area contributed by atoms with Crippen molar-refractivity contribution < 1.29 is 28.6 Å². The predicted molar refractivity (Wildman–Crippen MR) is 146 cm³/mol. The van der Waals surface area contributed by atoms with Crippen molar-refractivity contribution in [1.29, 1.82) is 0 Å². The number of amides is 3. The summed E-state index contributed by atoms with van der Waals surface area (Å²) in [6.45, 7) is 1.00. The van der Waals surface area contributed by atoms with Crippen molar-refractivity contribution in [3.8, 4) is 11.5 Å². The fourth-order valence-electron chi connectivity index (χ4n) is 4.43. The third-order valence-electron chi connectivity index (χ3n) is 6.42. The standard InChI is InChI=1S/C27H31N5O6S/c1-36-19-11-10-17(13-20(19)37-2)23(26(34)30-14-18-9-6-12-38-18)32(15-16-7-4-3-5-8-16)27(35)24-21(28)22(25(29)33)31-39-24/h3-5,7-8,10-11,13,18,23H,6,9,12,14-15,28H2,1-2H3,(H2,29,33)(H,30,34)/t18-,23+/m0/s1. The summed E-state index contributed by atoms with van der Waals surface area (Å²) in [7, 11) is 3.00. The number of benzene rings is 2. The molecule has 11 nitrogen and oxygen atoms in total. The van der Waals surface area contributed by atoms with Crippen molar-refractivity contribution in [2.45, 2.75) is 31.5 Å². The van der Waals surface area contributed by atoms with E-state index in [0.29, 0.717) is 30.2 Å². The van der Waals surface area contributed by atoms with Gasteiger partial charge < -0.3 is 35.9 Å². The van der Waals surface area contributed by atoms with Crippen molar-refractivity contribution in [3.63, 3.8) is 0 Å². The average molecular weight is 554 g/mol. The molecule has 0 radical (unpaired) electrons. The third kappa shape index (κ3) is 6.29. The Labute approximate surface area is 230 Å². The fraction of sp³-hybridized carbons (Fsp3) is 0.333. The Morgan fingerprint density at radius 2 is 1.90 bits per heavy atom. The molecule has 12 heteroatoms. The molecule has 4 rings (SSSR count). The van der Waals surface area contributed by atoms with Gasteiger partial charge in [-0.2, -0.15) is 4.37 Å². The van der Waals surface area contributed by atoms with Gasteiger partial charge >= 0.3 is 0 Å². The van der Waals surface area contributed by atoms with Gasteiger partial charge in [-0.3, -0.25) is 14.4 Å². The minimum absolute atomic E-state index is 0.0112. The lowest BCUT2D eigenvalue weighted by molar-refractivity contribution is -0.126. The highest BCUT2D eigenvalue weighted by Crippen LogP contribution is 2.35. The van der Waals surface area contributed by atoms with Gasteiger partial charge in [-0.1, -0.05) is 36.4 Å². The molecule has 0 unspecified atom stereocenters. The summed E-state index contributed by atoms with van der Waals surface area (Å²) in [5, 5.41) is 2.95. The smallest absolute Gasteiger partial charge is 0.270 e. The lowest BCUT2D eigenvalue weighted by Gasteiger charge is -2.32. The maximum absolute atomic E-state index is 14.1. The van der Waals surface area contributed by atoms with Crippen LogP contribution in [0.2, 0.25) is 0 Å². The number of nitrogens with two attached hydrogens (primary N) is 2. The number of hydrogen-bond acceptors (Lipinski definition) is 9. The molecule has 1 aliphatic heterocycles. The average Bonchev–Trinajstić information content (AvgIpc) is 3.61.